The Labute approximate surface area is 66.2 Å². The van der Waals surface area contributed by atoms with Crippen molar-refractivity contribution in [2.24, 2.45) is 11.7 Å². The molecule has 62 valence electrons. The van der Waals surface area contributed by atoms with E-state index in [9.17, 15) is 4.79 Å². The number of carbonyl (C=O) groups excluding carboxylic acids is 1. The predicted molar refractivity (Wildman–Crippen MR) is 41.6 cm³/mol. The van der Waals surface area contributed by atoms with Crippen molar-refractivity contribution < 1.29 is 9.53 Å². The molecule has 0 bridgehead atoms. The van der Waals surface area contributed by atoms with Gasteiger partial charge in [0, 0.05) is 11.8 Å². The minimum atomic E-state index is -0.322. The van der Waals surface area contributed by atoms with Crippen LogP contribution in [0.2, 0.25) is 0 Å². The van der Waals surface area contributed by atoms with Crippen LogP contribution in [0, 0.1) is 5.92 Å². The van der Waals surface area contributed by atoms with Gasteiger partial charge >= 0.3 is 5.97 Å². The molecule has 0 aliphatic heterocycles. The number of ether oxygens (including phenoxy) is 1. The number of esters is 1. The number of nitrogens with two attached hydrogens (primary N) is 1. The first-order chi connectivity index (χ1) is 5.18. The second-order valence-electron chi connectivity index (χ2n) is 2.96. The van der Waals surface area contributed by atoms with E-state index >= 15 is 0 Å². The van der Waals surface area contributed by atoms with Crippen molar-refractivity contribution >= 4 is 5.97 Å². The summed E-state index contributed by atoms with van der Waals surface area (Å²) in [6.45, 7) is 2.22. The number of hydrogen-bond acceptors (Lipinski definition) is 3. The molecule has 0 atom stereocenters. The Hall–Kier alpha value is -0.990. The summed E-state index contributed by atoms with van der Waals surface area (Å²) in [4.78, 5) is 10.8. The highest BCUT2D eigenvalue weighted by atomic mass is 16.5. The van der Waals surface area contributed by atoms with Crippen molar-refractivity contribution in [1.29, 1.82) is 0 Å². The lowest BCUT2D eigenvalue weighted by atomic mass is 10.4. The molecule has 3 heteroatoms. The summed E-state index contributed by atoms with van der Waals surface area (Å²) >= 11 is 0. The summed E-state index contributed by atoms with van der Waals surface area (Å²) in [7, 11) is 0. The molecule has 1 aliphatic carbocycles. The molecule has 0 aromatic rings. The third-order valence-corrected chi connectivity index (χ3v) is 1.50. The fourth-order valence-corrected chi connectivity index (χ4v) is 0.712. The van der Waals surface area contributed by atoms with Crippen LogP contribution in [-0.2, 0) is 9.53 Å². The highest BCUT2D eigenvalue weighted by Gasteiger charge is 2.22. The van der Waals surface area contributed by atoms with Crippen LogP contribution in [0.5, 0.6) is 0 Å². The van der Waals surface area contributed by atoms with Crippen molar-refractivity contribution in [3.8, 4) is 0 Å². The highest BCUT2D eigenvalue weighted by molar-refractivity contribution is 5.82. The summed E-state index contributed by atoms with van der Waals surface area (Å²) < 4.78 is 4.88. The molecular formula is C8H13NO2. The van der Waals surface area contributed by atoms with E-state index in [2.05, 4.69) is 0 Å². The van der Waals surface area contributed by atoms with Gasteiger partial charge in [-0.05, 0) is 25.7 Å². The fraction of sp³-hybridized carbons (Fsp3) is 0.625. The van der Waals surface area contributed by atoms with Crippen LogP contribution >= 0.6 is 0 Å². The van der Waals surface area contributed by atoms with Gasteiger partial charge in [0.15, 0.2) is 0 Å². The normalized spacial score (nSPS) is 18.1. The first kappa shape index (κ1) is 8.11. The maximum absolute atomic E-state index is 10.8. The molecule has 0 radical (unpaired) electrons. The SMILES string of the molecule is C/C(N)=C/C(=O)OCC1CC1. The van der Waals surface area contributed by atoms with Gasteiger partial charge in [-0.25, -0.2) is 4.79 Å². The van der Waals surface area contributed by atoms with Crippen molar-refractivity contribution in [1.82, 2.24) is 0 Å². The Morgan fingerprint density at radius 1 is 1.73 bits per heavy atom. The summed E-state index contributed by atoms with van der Waals surface area (Å²) in [5.41, 5.74) is 5.77. The van der Waals surface area contributed by atoms with Crippen LogP contribution in [-0.4, -0.2) is 12.6 Å². The molecule has 11 heavy (non-hydrogen) atoms. The molecule has 0 heterocycles. The average Bonchev–Trinajstić information content (AvgIpc) is 2.63. The van der Waals surface area contributed by atoms with Gasteiger partial charge in [0.25, 0.3) is 0 Å². The largest absolute Gasteiger partial charge is 0.462 e. The molecule has 3 nitrogen and oxygen atoms in total. The number of carbonyl (C=O) groups is 1. The Kier molecular flexibility index (Phi) is 2.52. The lowest BCUT2D eigenvalue weighted by Crippen LogP contribution is -2.06. The van der Waals surface area contributed by atoms with E-state index in [1.54, 1.807) is 6.92 Å². The van der Waals surface area contributed by atoms with E-state index in [1.165, 1.54) is 18.9 Å². The van der Waals surface area contributed by atoms with Gasteiger partial charge in [-0.1, -0.05) is 0 Å². The predicted octanol–water partition coefficient (Wildman–Crippen LogP) is 0.802. The zero-order valence-corrected chi connectivity index (χ0v) is 6.67. The number of allylic oxidation sites excluding steroid dienone is 1. The Balaban J connectivity index is 2.14. The second kappa shape index (κ2) is 3.42. The molecule has 1 rings (SSSR count). The van der Waals surface area contributed by atoms with Gasteiger partial charge in [-0.3, -0.25) is 0 Å². The molecule has 0 saturated heterocycles. The van der Waals surface area contributed by atoms with E-state index < -0.39 is 0 Å². The Bertz CT molecular complexity index is 179. The lowest BCUT2D eigenvalue weighted by Gasteiger charge is -1.98. The smallest absolute Gasteiger partial charge is 0.332 e. The van der Waals surface area contributed by atoms with Gasteiger partial charge in [-0.2, -0.15) is 0 Å². The zero-order chi connectivity index (χ0) is 8.27. The van der Waals surface area contributed by atoms with E-state index in [-0.39, 0.29) is 5.97 Å². The summed E-state index contributed by atoms with van der Waals surface area (Å²) in [5.74, 6) is 0.294. The molecule has 0 aromatic heterocycles. The van der Waals surface area contributed by atoms with Gasteiger partial charge < -0.3 is 10.5 Å². The monoisotopic (exact) mass is 155 g/mol. The summed E-state index contributed by atoms with van der Waals surface area (Å²) in [5, 5.41) is 0. The second-order valence-corrected chi connectivity index (χ2v) is 2.96. The molecule has 0 aromatic carbocycles. The first-order valence-electron chi connectivity index (χ1n) is 3.79. The van der Waals surface area contributed by atoms with Gasteiger partial charge in [0.2, 0.25) is 0 Å². The van der Waals surface area contributed by atoms with Crippen LogP contribution in [0.15, 0.2) is 11.8 Å². The van der Waals surface area contributed by atoms with E-state index in [1.807, 2.05) is 0 Å². The molecular weight excluding hydrogens is 142 g/mol. The lowest BCUT2D eigenvalue weighted by molar-refractivity contribution is -0.138. The van der Waals surface area contributed by atoms with E-state index in [4.69, 9.17) is 10.5 Å². The standard InChI is InChI=1S/C8H13NO2/c1-6(9)4-8(10)11-5-7-2-3-7/h4,7H,2-3,5,9H2,1H3/b6-4-. The van der Waals surface area contributed by atoms with Crippen molar-refractivity contribution in [2.75, 3.05) is 6.61 Å². The minimum absolute atomic E-state index is 0.322. The first-order valence-corrected chi connectivity index (χ1v) is 3.79. The van der Waals surface area contributed by atoms with E-state index in [0.29, 0.717) is 18.2 Å². The number of hydrogen-bond donors (Lipinski definition) is 1. The summed E-state index contributed by atoms with van der Waals surface area (Å²) in [6.07, 6.45) is 3.69. The Morgan fingerprint density at radius 2 is 2.36 bits per heavy atom. The quantitative estimate of drug-likeness (QED) is 0.484. The zero-order valence-electron chi connectivity index (χ0n) is 6.67. The Morgan fingerprint density at radius 3 is 2.82 bits per heavy atom. The fourth-order valence-electron chi connectivity index (χ4n) is 0.712. The minimum Gasteiger partial charge on any atom is -0.462 e. The van der Waals surface area contributed by atoms with Crippen molar-refractivity contribution in [3.05, 3.63) is 11.8 Å². The van der Waals surface area contributed by atoms with Crippen LogP contribution in [0.4, 0.5) is 0 Å². The van der Waals surface area contributed by atoms with Crippen LogP contribution in [0.3, 0.4) is 0 Å². The highest BCUT2D eigenvalue weighted by Crippen LogP contribution is 2.28. The molecule has 1 fully saturated rings. The van der Waals surface area contributed by atoms with Crippen LogP contribution < -0.4 is 5.73 Å². The molecule has 2 N–H and O–H groups in total. The van der Waals surface area contributed by atoms with Crippen LogP contribution in [0.25, 0.3) is 0 Å². The molecule has 0 spiro atoms. The third-order valence-electron chi connectivity index (χ3n) is 1.50. The van der Waals surface area contributed by atoms with Crippen molar-refractivity contribution in [3.63, 3.8) is 0 Å². The molecule has 1 saturated carbocycles. The maximum Gasteiger partial charge on any atom is 0.332 e. The molecule has 1 aliphatic rings. The third kappa shape index (κ3) is 3.65. The van der Waals surface area contributed by atoms with Gasteiger partial charge in [-0.15, -0.1) is 0 Å². The van der Waals surface area contributed by atoms with Crippen molar-refractivity contribution in [2.45, 2.75) is 19.8 Å². The summed E-state index contributed by atoms with van der Waals surface area (Å²) in [6, 6.07) is 0. The maximum atomic E-state index is 10.8. The van der Waals surface area contributed by atoms with Crippen LogP contribution in [0.1, 0.15) is 19.8 Å². The topological polar surface area (TPSA) is 52.3 Å². The number of rotatable bonds is 3. The van der Waals surface area contributed by atoms with Gasteiger partial charge in [0.1, 0.15) is 0 Å². The van der Waals surface area contributed by atoms with Gasteiger partial charge in [0.05, 0.1) is 6.61 Å². The van der Waals surface area contributed by atoms with E-state index in [0.717, 1.165) is 0 Å². The molecule has 0 amide bonds. The molecule has 0 unspecified atom stereocenters. The average molecular weight is 155 g/mol.